The van der Waals surface area contributed by atoms with E-state index >= 15 is 0 Å². The Morgan fingerprint density at radius 1 is 1.53 bits per heavy atom. The highest BCUT2D eigenvalue weighted by atomic mass is 16.6. The number of carbonyl (C=O) groups is 1. The van der Waals surface area contributed by atoms with E-state index in [0.29, 0.717) is 11.1 Å². The molecule has 1 aromatic carbocycles. The van der Waals surface area contributed by atoms with E-state index in [-0.39, 0.29) is 5.69 Å². The molecule has 1 aromatic rings. The van der Waals surface area contributed by atoms with Gasteiger partial charge in [0.2, 0.25) is 0 Å². The Kier molecular flexibility index (Phi) is 3.17. The number of carboxylic acids is 1. The van der Waals surface area contributed by atoms with Crippen molar-refractivity contribution in [3.63, 3.8) is 0 Å². The molecule has 0 saturated heterocycles. The number of nitro benzene ring substituents is 1. The first kappa shape index (κ1) is 10.9. The van der Waals surface area contributed by atoms with Crippen LogP contribution in [0.4, 0.5) is 5.69 Å². The maximum absolute atomic E-state index is 10.6. The molecule has 78 valence electrons. The van der Waals surface area contributed by atoms with Crippen LogP contribution in [0.25, 0.3) is 6.08 Å². The lowest BCUT2D eigenvalue weighted by Crippen LogP contribution is -1.92. The second kappa shape index (κ2) is 4.36. The Labute approximate surface area is 85.8 Å². The first-order valence-electron chi connectivity index (χ1n) is 4.17. The van der Waals surface area contributed by atoms with E-state index in [4.69, 9.17) is 5.11 Å². The molecule has 0 spiro atoms. The summed E-state index contributed by atoms with van der Waals surface area (Å²) < 4.78 is 0. The molecule has 0 aliphatic rings. The first-order valence-corrected chi connectivity index (χ1v) is 4.17. The van der Waals surface area contributed by atoms with E-state index in [1.54, 1.807) is 19.1 Å². The monoisotopic (exact) mass is 207 g/mol. The minimum Gasteiger partial charge on any atom is -0.478 e. The van der Waals surface area contributed by atoms with E-state index in [2.05, 4.69) is 0 Å². The molecule has 0 radical (unpaired) electrons. The maximum Gasteiger partial charge on any atom is 0.328 e. The first-order chi connectivity index (χ1) is 7.00. The predicted molar refractivity (Wildman–Crippen MR) is 54.5 cm³/mol. The zero-order chi connectivity index (χ0) is 11.4. The van der Waals surface area contributed by atoms with Crippen molar-refractivity contribution in [3.05, 3.63) is 45.5 Å². The number of aryl methyl sites for hydroxylation is 1. The highest BCUT2D eigenvalue weighted by Gasteiger charge is 2.09. The molecule has 0 fully saturated rings. The summed E-state index contributed by atoms with van der Waals surface area (Å²) in [5.74, 6) is -1.08. The third kappa shape index (κ3) is 2.91. The standard InChI is InChI=1S/C10H9NO4/c1-7-2-3-8(4-5-10(12)13)6-9(7)11(14)15/h2-6H,1H3,(H,12,13)/b5-4-. The summed E-state index contributed by atoms with van der Waals surface area (Å²) >= 11 is 0. The average Bonchev–Trinajstić information content (AvgIpc) is 2.16. The van der Waals surface area contributed by atoms with E-state index in [0.717, 1.165) is 6.08 Å². The molecule has 0 aliphatic heterocycles. The molecule has 0 heterocycles. The summed E-state index contributed by atoms with van der Waals surface area (Å²) in [6, 6.07) is 4.55. The van der Waals surface area contributed by atoms with Gasteiger partial charge in [0.1, 0.15) is 0 Å². The molecule has 1 rings (SSSR count). The molecular formula is C10H9NO4. The summed E-state index contributed by atoms with van der Waals surface area (Å²) in [7, 11) is 0. The fourth-order valence-corrected chi connectivity index (χ4v) is 1.09. The fraction of sp³-hybridized carbons (Fsp3) is 0.100. The van der Waals surface area contributed by atoms with Crippen LogP contribution in [0, 0.1) is 17.0 Å². The predicted octanol–water partition coefficient (Wildman–Crippen LogP) is 2.00. The van der Waals surface area contributed by atoms with Crippen molar-refractivity contribution < 1.29 is 14.8 Å². The van der Waals surface area contributed by atoms with Crippen molar-refractivity contribution in [1.82, 2.24) is 0 Å². The quantitative estimate of drug-likeness (QED) is 0.467. The van der Waals surface area contributed by atoms with Crippen LogP contribution in [0.15, 0.2) is 24.3 Å². The van der Waals surface area contributed by atoms with Crippen LogP contribution in [0.2, 0.25) is 0 Å². The lowest BCUT2D eigenvalue weighted by atomic mass is 10.1. The lowest BCUT2D eigenvalue weighted by Gasteiger charge is -1.97. The number of rotatable bonds is 3. The summed E-state index contributed by atoms with van der Waals surface area (Å²) in [6.07, 6.45) is 2.25. The van der Waals surface area contributed by atoms with Crippen LogP contribution in [-0.4, -0.2) is 16.0 Å². The normalized spacial score (nSPS) is 10.5. The van der Waals surface area contributed by atoms with Gasteiger partial charge in [-0.3, -0.25) is 10.1 Å². The number of nitrogens with zero attached hydrogens (tertiary/aromatic N) is 1. The second-order valence-corrected chi connectivity index (χ2v) is 2.97. The minimum atomic E-state index is -1.08. The SMILES string of the molecule is Cc1ccc(/C=C\C(=O)O)cc1[N+](=O)[O-]. The van der Waals surface area contributed by atoms with Gasteiger partial charge in [-0.15, -0.1) is 0 Å². The van der Waals surface area contributed by atoms with Crippen LogP contribution < -0.4 is 0 Å². The molecule has 5 heteroatoms. The summed E-state index contributed by atoms with van der Waals surface area (Å²) in [6.45, 7) is 1.63. The summed E-state index contributed by atoms with van der Waals surface area (Å²) in [5.41, 5.74) is 1.03. The number of aliphatic carboxylic acids is 1. The van der Waals surface area contributed by atoms with Gasteiger partial charge in [0.25, 0.3) is 5.69 Å². The van der Waals surface area contributed by atoms with Crippen LogP contribution in [0.5, 0.6) is 0 Å². The Hall–Kier alpha value is -2.17. The summed E-state index contributed by atoms with van der Waals surface area (Å²) in [5, 5.41) is 19.0. The van der Waals surface area contributed by atoms with Gasteiger partial charge in [0, 0.05) is 17.7 Å². The Bertz CT molecular complexity index is 437. The van der Waals surface area contributed by atoms with Gasteiger partial charge < -0.3 is 5.11 Å². The third-order valence-electron chi connectivity index (χ3n) is 1.85. The zero-order valence-electron chi connectivity index (χ0n) is 8.01. The van der Waals surface area contributed by atoms with Crippen molar-refractivity contribution in [1.29, 1.82) is 0 Å². The van der Waals surface area contributed by atoms with Crippen molar-refractivity contribution in [2.75, 3.05) is 0 Å². The smallest absolute Gasteiger partial charge is 0.328 e. The molecule has 0 aliphatic carbocycles. The van der Waals surface area contributed by atoms with Gasteiger partial charge >= 0.3 is 5.97 Å². The van der Waals surface area contributed by atoms with Gasteiger partial charge in [-0.2, -0.15) is 0 Å². The average molecular weight is 207 g/mol. The van der Waals surface area contributed by atoms with Crippen LogP contribution in [0.3, 0.4) is 0 Å². The number of carboxylic acid groups (broad SMARTS) is 1. The highest BCUT2D eigenvalue weighted by molar-refractivity contribution is 5.85. The van der Waals surface area contributed by atoms with E-state index in [1.165, 1.54) is 12.1 Å². The minimum absolute atomic E-state index is 0.0115. The molecule has 5 nitrogen and oxygen atoms in total. The molecule has 0 atom stereocenters. The van der Waals surface area contributed by atoms with E-state index < -0.39 is 10.9 Å². The summed E-state index contributed by atoms with van der Waals surface area (Å²) in [4.78, 5) is 20.3. The number of nitro groups is 1. The maximum atomic E-state index is 10.6. The van der Waals surface area contributed by atoms with Gasteiger partial charge in [0.05, 0.1) is 4.92 Å². The van der Waals surface area contributed by atoms with Gasteiger partial charge in [-0.1, -0.05) is 12.1 Å². The molecule has 0 aromatic heterocycles. The molecule has 15 heavy (non-hydrogen) atoms. The van der Waals surface area contributed by atoms with Crippen LogP contribution in [-0.2, 0) is 4.79 Å². The zero-order valence-corrected chi connectivity index (χ0v) is 8.01. The molecule has 0 bridgehead atoms. The van der Waals surface area contributed by atoms with Gasteiger partial charge in [-0.05, 0) is 18.6 Å². The van der Waals surface area contributed by atoms with Gasteiger partial charge in [0.15, 0.2) is 0 Å². The van der Waals surface area contributed by atoms with Crippen LogP contribution in [0.1, 0.15) is 11.1 Å². The van der Waals surface area contributed by atoms with E-state index in [9.17, 15) is 14.9 Å². The highest BCUT2D eigenvalue weighted by Crippen LogP contribution is 2.19. The molecule has 0 saturated carbocycles. The molecule has 0 amide bonds. The van der Waals surface area contributed by atoms with Gasteiger partial charge in [-0.25, -0.2) is 4.79 Å². The Morgan fingerprint density at radius 2 is 2.20 bits per heavy atom. The molecular weight excluding hydrogens is 198 g/mol. The van der Waals surface area contributed by atoms with Crippen LogP contribution >= 0.6 is 0 Å². The number of benzene rings is 1. The van der Waals surface area contributed by atoms with Crippen molar-refractivity contribution >= 4 is 17.7 Å². The Morgan fingerprint density at radius 3 is 2.73 bits per heavy atom. The molecule has 0 unspecified atom stereocenters. The van der Waals surface area contributed by atoms with E-state index in [1.807, 2.05) is 0 Å². The van der Waals surface area contributed by atoms with Crippen molar-refractivity contribution in [3.8, 4) is 0 Å². The third-order valence-corrected chi connectivity index (χ3v) is 1.85. The molecule has 1 N–H and O–H groups in total. The van der Waals surface area contributed by atoms with Crippen molar-refractivity contribution in [2.24, 2.45) is 0 Å². The van der Waals surface area contributed by atoms with Crippen molar-refractivity contribution in [2.45, 2.75) is 6.92 Å². The number of hydrogen-bond acceptors (Lipinski definition) is 3. The fourth-order valence-electron chi connectivity index (χ4n) is 1.09. The Balaban J connectivity index is 3.08. The number of hydrogen-bond donors (Lipinski definition) is 1. The largest absolute Gasteiger partial charge is 0.478 e. The lowest BCUT2D eigenvalue weighted by molar-refractivity contribution is -0.385. The topological polar surface area (TPSA) is 80.4 Å². The second-order valence-electron chi connectivity index (χ2n) is 2.97.